The van der Waals surface area contributed by atoms with Gasteiger partial charge in [-0.05, 0) is 18.2 Å². The maximum Gasteiger partial charge on any atom is 0.0979 e. The van der Waals surface area contributed by atoms with Crippen LogP contribution in [-0.4, -0.2) is 12.0 Å². The third-order valence-electron chi connectivity index (χ3n) is 3.32. The zero-order valence-corrected chi connectivity index (χ0v) is 12.9. The Bertz CT molecular complexity index is 690. The molecule has 0 spiro atoms. The number of hydrogen-bond acceptors (Lipinski definition) is 3. The Labute approximate surface area is 129 Å². The molecule has 3 rings (SSSR count). The SMILES string of the molecule is CNCc1nc(Cc2ccccc2)sc1-c1ccccc1. The number of aromatic nitrogens is 1. The first kappa shape index (κ1) is 14.0. The van der Waals surface area contributed by atoms with E-state index in [1.54, 1.807) is 11.3 Å². The minimum absolute atomic E-state index is 0.801. The molecule has 0 unspecified atom stereocenters. The number of hydrogen-bond donors (Lipinski definition) is 1. The van der Waals surface area contributed by atoms with Crippen molar-refractivity contribution in [3.8, 4) is 10.4 Å². The number of nitrogens with zero attached hydrogens (tertiary/aromatic N) is 1. The van der Waals surface area contributed by atoms with E-state index in [0.29, 0.717) is 0 Å². The highest BCUT2D eigenvalue weighted by Gasteiger charge is 2.12. The Kier molecular flexibility index (Phi) is 4.43. The van der Waals surface area contributed by atoms with E-state index in [0.717, 1.165) is 18.7 Å². The van der Waals surface area contributed by atoms with Crippen LogP contribution in [0.5, 0.6) is 0 Å². The summed E-state index contributed by atoms with van der Waals surface area (Å²) in [5.41, 5.74) is 3.70. The van der Waals surface area contributed by atoms with Gasteiger partial charge in [-0.3, -0.25) is 0 Å². The third-order valence-corrected chi connectivity index (χ3v) is 4.47. The first-order chi connectivity index (χ1) is 10.4. The minimum Gasteiger partial charge on any atom is -0.314 e. The topological polar surface area (TPSA) is 24.9 Å². The van der Waals surface area contributed by atoms with Gasteiger partial charge in [0.1, 0.15) is 0 Å². The highest BCUT2D eigenvalue weighted by atomic mass is 32.1. The summed E-state index contributed by atoms with van der Waals surface area (Å²) >= 11 is 1.80. The van der Waals surface area contributed by atoms with Crippen LogP contribution in [0.2, 0.25) is 0 Å². The quantitative estimate of drug-likeness (QED) is 0.765. The van der Waals surface area contributed by atoms with Crippen molar-refractivity contribution >= 4 is 11.3 Å². The molecule has 3 heteroatoms. The predicted molar refractivity (Wildman–Crippen MR) is 89.6 cm³/mol. The Morgan fingerprint density at radius 3 is 2.29 bits per heavy atom. The van der Waals surface area contributed by atoms with Gasteiger partial charge in [0.15, 0.2) is 0 Å². The van der Waals surface area contributed by atoms with E-state index < -0.39 is 0 Å². The summed E-state index contributed by atoms with van der Waals surface area (Å²) in [6.07, 6.45) is 0.898. The van der Waals surface area contributed by atoms with Crippen LogP contribution in [0.4, 0.5) is 0 Å². The lowest BCUT2D eigenvalue weighted by molar-refractivity contribution is 0.794. The van der Waals surface area contributed by atoms with Crippen LogP contribution in [-0.2, 0) is 13.0 Å². The second-order valence-corrected chi connectivity index (χ2v) is 6.03. The van der Waals surface area contributed by atoms with Gasteiger partial charge in [-0.2, -0.15) is 0 Å². The molecular weight excluding hydrogens is 276 g/mol. The number of thiazole rings is 1. The van der Waals surface area contributed by atoms with Crippen LogP contribution >= 0.6 is 11.3 Å². The monoisotopic (exact) mass is 294 g/mol. The smallest absolute Gasteiger partial charge is 0.0979 e. The molecule has 0 aliphatic heterocycles. The molecule has 21 heavy (non-hydrogen) atoms. The highest BCUT2D eigenvalue weighted by Crippen LogP contribution is 2.31. The third kappa shape index (κ3) is 3.38. The van der Waals surface area contributed by atoms with Crippen LogP contribution in [0.25, 0.3) is 10.4 Å². The van der Waals surface area contributed by atoms with Crippen LogP contribution in [0, 0.1) is 0 Å². The van der Waals surface area contributed by atoms with Crippen molar-refractivity contribution < 1.29 is 0 Å². The molecule has 1 N–H and O–H groups in total. The van der Waals surface area contributed by atoms with Gasteiger partial charge in [0.05, 0.1) is 15.6 Å². The second-order valence-electron chi connectivity index (χ2n) is 4.94. The van der Waals surface area contributed by atoms with Crippen molar-refractivity contribution in [1.82, 2.24) is 10.3 Å². The van der Waals surface area contributed by atoms with Gasteiger partial charge in [0.2, 0.25) is 0 Å². The summed E-state index contributed by atoms with van der Waals surface area (Å²) in [4.78, 5) is 6.10. The molecule has 0 aliphatic rings. The van der Waals surface area contributed by atoms with Crippen LogP contribution in [0.15, 0.2) is 60.7 Å². The lowest BCUT2D eigenvalue weighted by Gasteiger charge is -2.00. The Morgan fingerprint density at radius 1 is 0.952 bits per heavy atom. The molecule has 0 atom stereocenters. The van der Waals surface area contributed by atoms with Crippen molar-refractivity contribution in [3.63, 3.8) is 0 Å². The summed E-state index contributed by atoms with van der Waals surface area (Å²) in [6.45, 7) is 0.801. The van der Waals surface area contributed by atoms with Crippen molar-refractivity contribution in [2.45, 2.75) is 13.0 Å². The van der Waals surface area contributed by atoms with Gasteiger partial charge in [-0.15, -0.1) is 11.3 Å². The molecule has 106 valence electrons. The van der Waals surface area contributed by atoms with Gasteiger partial charge >= 0.3 is 0 Å². The Hall–Kier alpha value is -1.97. The first-order valence-corrected chi connectivity index (χ1v) is 7.91. The van der Waals surface area contributed by atoms with Crippen LogP contribution in [0.3, 0.4) is 0 Å². The van der Waals surface area contributed by atoms with E-state index in [9.17, 15) is 0 Å². The van der Waals surface area contributed by atoms with Crippen molar-refractivity contribution in [1.29, 1.82) is 0 Å². The molecule has 2 nitrogen and oxygen atoms in total. The van der Waals surface area contributed by atoms with E-state index in [1.807, 2.05) is 19.2 Å². The van der Waals surface area contributed by atoms with E-state index >= 15 is 0 Å². The average Bonchev–Trinajstić information content (AvgIpc) is 2.92. The fourth-order valence-corrected chi connectivity index (χ4v) is 3.47. The van der Waals surface area contributed by atoms with E-state index in [2.05, 4.69) is 53.8 Å². The molecule has 0 saturated heterocycles. The molecule has 0 radical (unpaired) electrons. The van der Waals surface area contributed by atoms with Gasteiger partial charge < -0.3 is 5.32 Å². The molecule has 0 amide bonds. The largest absolute Gasteiger partial charge is 0.314 e. The van der Waals surface area contributed by atoms with Crippen molar-refractivity contribution in [3.05, 3.63) is 76.9 Å². The van der Waals surface area contributed by atoms with E-state index in [1.165, 1.54) is 21.0 Å². The van der Waals surface area contributed by atoms with Gasteiger partial charge in [0.25, 0.3) is 0 Å². The van der Waals surface area contributed by atoms with Gasteiger partial charge in [-0.1, -0.05) is 60.7 Å². The molecule has 1 aromatic heterocycles. The molecule has 0 saturated carbocycles. The molecule has 0 fully saturated rings. The zero-order chi connectivity index (χ0) is 14.5. The van der Waals surface area contributed by atoms with Gasteiger partial charge in [0, 0.05) is 13.0 Å². The van der Waals surface area contributed by atoms with Crippen molar-refractivity contribution in [2.24, 2.45) is 0 Å². The van der Waals surface area contributed by atoms with Crippen molar-refractivity contribution in [2.75, 3.05) is 7.05 Å². The number of nitrogens with one attached hydrogen (secondary N) is 1. The minimum atomic E-state index is 0.801. The first-order valence-electron chi connectivity index (χ1n) is 7.09. The maximum atomic E-state index is 4.83. The summed E-state index contributed by atoms with van der Waals surface area (Å²) in [5.74, 6) is 0. The summed E-state index contributed by atoms with van der Waals surface area (Å²) in [5, 5.41) is 4.39. The predicted octanol–water partition coefficient (Wildman–Crippen LogP) is 4.12. The van der Waals surface area contributed by atoms with E-state index in [-0.39, 0.29) is 0 Å². The lowest BCUT2D eigenvalue weighted by Crippen LogP contribution is -2.06. The zero-order valence-electron chi connectivity index (χ0n) is 12.0. The Morgan fingerprint density at radius 2 is 1.62 bits per heavy atom. The molecule has 1 heterocycles. The summed E-state index contributed by atoms with van der Waals surface area (Å²) in [6, 6.07) is 21.0. The average molecular weight is 294 g/mol. The molecular formula is C18H18N2S. The standard InChI is InChI=1S/C18H18N2S/c1-19-13-16-18(15-10-6-3-7-11-15)21-17(20-16)12-14-8-4-2-5-9-14/h2-11,19H,12-13H2,1H3. The fraction of sp³-hybridized carbons (Fsp3) is 0.167. The lowest BCUT2D eigenvalue weighted by atomic mass is 10.1. The van der Waals surface area contributed by atoms with Gasteiger partial charge in [-0.25, -0.2) is 4.98 Å². The number of rotatable bonds is 5. The normalized spacial score (nSPS) is 10.7. The fourth-order valence-electron chi connectivity index (χ4n) is 2.35. The molecule has 0 aliphatic carbocycles. The molecule has 2 aromatic carbocycles. The molecule has 3 aromatic rings. The Balaban J connectivity index is 1.93. The maximum absolute atomic E-state index is 4.83. The summed E-state index contributed by atoms with van der Waals surface area (Å²) < 4.78 is 0. The number of benzene rings is 2. The highest BCUT2D eigenvalue weighted by molar-refractivity contribution is 7.15. The van der Waals surface area contributed by atoms with E-state index in [4.69, 9.17) is 4.98 Å². The second kappa shape index (κ2) is 6.66. The van der Waals surface area contributed by atoms with Crippen LogP contribution in [0.1, 0.15) is 16.3 Å². The summed E-state index contributed by atoms with van der Waals surface area (Å²) in [7, 11) is 1.96. The molecule has 0 bridgehead atoms. The van der Waals surface area contributed by atoms with Crippen LogP contribution < -0.4 is 5.32 Å².